The second kappa shape index (κ2) is 10.5. The van der Waals surface area contributed by atoms with Crippen molar-refractivity contribution < 1.29 is 44.3 Å². The maximum absolute atomic E-state index is 14.9. The van der Waals surface area contributed by atoms with Gasteiger partial charge in [0, 0.05) is 38.7 Å². The Labute approximate surface area is 216 Å². The average Bonchev–Trinajstić information content (AvgIpc) is 2.79. The number of sulfonamides is 1. The van der Waals surface area contributed by atoms with E-state index in [0.29, 0.717) is 11.8 Å². The third-order valence-electron chi connectivity index (χ3n) is 6.05. The number of hydrogen-bond acceptors (Lipinski definition) is 5. The first-order chi connectivity index (χ1) is 17.5. The van der Waals surface area contributed by atoms with Crippen molar-refractivity contribution in [2.45, 2.75) is 37.2 Å². The van der Waals surface area contributed by atoms with Crippen LogP contribution in [0.5, 0.6) is 5.75 Å². The summed E-state index contributed by atoms with van der Waals surface area (Å²) in [5, 5.41) is 0. The van der Waals surface area contributed by atoms with Crippen molar-refractivity contribution in [2.75, 3.05) is 31.9 Å². The van der Waals surface area contributed by atoms with E-state index in [2.05, 4.69) is 0 Å². The third-order valence-corrected chi connectivity index (χ3v) is 7.21. The Morgan fingerprint density at radius 2 is 1.55 bits per heavy atom. The molecule has 0 saturated heterocycles. The predicted octanol–water partition coefficient (Wildman–Crippen LogP) is 5.51. The van der Waals surface area contributed by atoms with E-state index in [4.69, 9.17) is 4.74 Å². The number of carbonyl (C=O) groups excluding carboxylic acids is 1. The Bertz CT molecular complexity index is 1290. The highest BCUT2D eigenvalue weighted by molar-refractivity contribution is 7.89. The number of halogens is 6. The molecule has 3 rings (SSSR count). The van der Waals surface area contributed by atoms with E-state index in [1.807, 2.05) is 0 Å². The van der Waals surface area contributed by atoms with Gasteiger partial charge in [-0.3, -0.25) is 4.79 Å². The summed E-state index contributed by atoms with van der Waals surface area (Å²) in [6.07, 6.45) is -10.5. The van der Waals surface area contributed by atoms with Gasteiger partial charge in [0.15, 0.2) is 5.54 Å². The van der Waals surface area contributed by atoms with Crippen molar-refractivity contribution in [1.82, 2.24) is 4.31 Å². The molecule has 208 valence electrons. The van der Waals surface area contributed by atoms with E-state index < -0.39 is 52.2 Å². The highest BCUT2D eigenvalue weighted by Crippen LogP contribution is 2.53. The van der Waals surface area contributed by atoms with E-state index >= 15 is 0 Å². The number of rotatable bonds is 8. The fourth-order valence-electron chi connectivity index (χ4n) is 4.29. The monoisotopic (exact) mass is 564 g/mol. The molecule has 1 aliphatic rings. The number of ether oxygens (including phenoxy) is 1. The Morgan fingerprint density at radius 3 is 2.03 bits per heavy atom. The average molecular weight is 565 g/mol. The normalized spacial score (nSPS) is 18.8. The van der Waals surface area contributed by atoms with Crippen LogP contribution in [0.1, 0.15) is 30.4 Å². The predicted molar refractivity (Wildman–Crippen MR) is 130 cm³/mol. The molecule has 1 unspecified atom stereocenters. The van der Waals surface area contributed by atoms with Crippen molar-refractivity contribution in [2.24, 2.45) is 0 Å². The Hall–Kier alpha value is -3.22. The van der Waals surface area contributed by atoms with Crippen LogP contribution in [0.4, 0.5) is 32.0 Å². The van der Waals surface area contributed by atoms with Crippen molar-refractivity contribution in [3.8, 4) is 5.75 Å². The second-order valence-electron chi connectivity index (χ2n) is 9.10. The minimum absolute atomic E-state index is 0.00340. The number of nitrogens with zero attached hydrogens (tertiary/aromatic N) is 2. The molecule has 0 fully saturated rings. The maximum atomic E-state index is 14.9. The zero-order chi connectivity index (χ0) is 28.5. The van der Waals surface area contributed by atoms with Gasteiger partial charge < -0.3 is 9.64 Å². The van der Waals surface area contributed by atoms with Crippen LogP contribution < -0.4 is 9.64 Å². The van der Waals surface area contributed by atoms with Gasteiger partial charge >= 0.3 is 12.4 Å². The van der Waals surface area contributed by atoms with E-state index in [1.54, 1.807) is 43.3 Å². The van der Waals surface area contributed by atoms with E-state index in [9.17, 15) is 39.6 Å². The van der Waals surface area contributed by atoms with Gasteiger partial charge in [-0.05, 0) is 47.4 Å². The first-order valence-corrected chi connectivity index (χ1v) is 13.2. The number of amides is 1. The second-order valence-corrected chi connectivity index (χ2v) is 10.9. The highest BCUT2D eigenvalue weighted by Gasteiger charge is 2.65. The number of anilines is 1. The molecule has 13 heteroatoms. The van der Waals surface area contributed by atoms with Gasteiger partial charge in [0.2, 0.25) is 10.0 Å². The smallest absolute Gasteiger partial charge is 0.417 e. The third kappa shape index (κ3) is 6.25. The first-order valence-electron chi connectivity index (χ1n) is 11.4. The number of benzene rings is 2. The molecule has 2 aromatic rings. The first kappa shape index (κ1) is 29.3. The summed E-state index contributed by atoms with van der Waals surface area (Å²) in [5.41, 5.74) is -2.74. The Morgan fingerprint density at radius 1 is 0.974 bits per heavy atom. The standard InChI is InChI=1S/C25H26F6N2O4S/c1-32(2)20-9-5-17(6-10-20)18-15-22(34)33(38(3,35)36)23(16-18,25(29,30)31)19-7-11-21(12-8-19)37-14-4-13-24(26,27)28/h5-12,15H,4,13-14,16H2,1-3H3. The zero-order valence-corrected chi connectivity index (χ0v) is 21.5. The van der Waals surface area contributed by atoms with Crippen LogP contribution in [0.25, 0.3) is 5.57 Å². The SMILES string of the molecule is CN(C)c1ccc(C2=CC(=O)N(S(C)(=O)=O)C(c3ccc(OCCCC(F)(F)F)cc3)(C(F)(F)F)C2)cc1. The minimum atomic E-state index is -5.23. The fourth-order valence-corrected chi connectivity index (χ4v) is 5.51. The lowest BCUT2D eigenvalue weighted by Gasteiger charge is -2.46. The quantitative estimate of drug-likeness (QED) is 0.313. The summed E-state index contributed by atoms with van der Waals surface area (Å²) >= 11 is 0. The Kier molecular flexibility index (Phi) is 8.11. The summed E-state index contributed by atoms with van der Waals surface area (Å²) in [6.45, 7) is -0.326. The number of alkyl halides is 6. The number of hydrogen-bond donors (Lipinski definition) is 0. The van der Waals surface area contributed by atoms with Gasteiger partial charge in [-0.25, -0.2) is 12.7 Å². The maximum Gasteiger partial charge on any atom is 0.417 e. The van der Waals surface area contributed by atoms with E-state index in [0.717, 1.165) is 36.0 Å². The van der Waals surface area contributed by atoms with Gasteiger partial charge in [-0.15, -0.1) is 0 Å². The highest BCUT2D eigenvalue weighted by atomic mass is 32.2. The molecule has 1 aliphatic heterocycles. The van der Waals surface area contributed by atoms with Crippen molar-refractivity contribution in [3.63, 3.8) is 0 Å². The summed E-state index contributed by atoms with van der Waals surface area (Å²) in [4.78, 5) is 14.8. The fraction of sp³-hybridized carbons (Fsp3) is 0.400. The van der Waals surface area contributed by atoms with Crippen LogP contribution in [0, 0.1) is 0 Å². The van der Waals surface area contributed by atoms with Crippen LogP contribution in [-0.2, 0) is 20.4 Å². The summed E-state index contributed by atoms with van der Waals surface area (Å²) in [6, 6.07) is 10.5. The zero-order valence-electron chi connectivity index (χ0n) is 20.7. The lowest BCUT2D eigenvalue weighted by molar-refractivity contribution is -0.221. The summed E-state index contributed by atoms with van der Waals surface area (Å²) < 4.78 is 112. The molecular formula is C25H26F6N2O4S. The topological polar surface area (TPSA) is 66.9 Å². The molecule has 1 amide bonds. The molecule has 6 nitrogen and oxygen atoms in total. The molecule has 2 aromatic carbocycles. The molecule has 0 aliphatic carbocycles. The van der Waals surface area contributed by atoms with Gasteiger partial charge in [0.05, 0.1) is 12.9 Å². The molecule has 0 spiro atoms. The molecule has 0 N–H and O–H groups in total. The van der Waals surface area contributed by atoms with Crippen LogP contribution >= 0.6 is 0 Å². The molecule has 0 bridgehead atoms. The summed E-state index contributed by atoms with van der Waals surface area (Å²) in [5.74, 6) is -1.36. The van der Waals surface area contributed by atoms with Crippen LogP contribution in [0.3, 0.4) is 0 Å². The van der Waals surface area contributed by atoms with Crippen molar-refractivity contribution >= 4 is 27.2 Å². The Balaban J connectivity index is 2.05. The van der Waals surface area contributed by atoms with Crippen LogP contribution in [0.15, 0.2) is 54.6 Å². The lowest BCUT2D eigenvalue weighted by atomic mass is 9.78. The molecule has 0 aromatic heterocycles. The van der Waals surface area contributed by atoms with Gasteiger partial charge in [-0.2, -0.15) is 26.3 Å². The minimum Gasteiger partial charge on any atom is -0.494 e. The largest absolute Gasteiger partial charge is 0.494 e. The molecule has 0 radical (unpaired) electrons. The molecule has 1 heterocycles. The number of carbonyl (C=O) groups is 1. The van der Waals surface area contributed by atoms with Crippen molar-refractivity contribution in [3.05, 3.63) is 65.7 Å². The lowest BCUT2D eigenvalue weighted by Crippen LogP contribution is -2.61. The van der Waals surface area contributed by atoms with Gasteiger partial charge in [0.1, 0.15) is 5.75 Å². The molecule has 0 saturated carbocycles. The summed E-state index contributed by atoms with van der Waals surface area (Å²) in [7, 11) is -1.15. The molecule has 38 heavy (non-hydrogen) atoms. The van der Waals surface area contributed by atoms with Crippen molar-refractivity contribution in [1.29, 1.82) is 0 Å². The van der Waals surface area contributed by atoms with E-state index in [-0.39, 0.29) is 28.7 Å². The molecule has 1 atom stereocenters. The van der Waals surface area contributed by atoms with E-state index in [1.165, 1.54) is 0 Å². The van der Waals surface area contributed by atoms with Crippen LogP contribution in [0.2, 0.25) is 0 Å². The van der Waals surface area contributed by atoms with Gasteiger partial charge in [0.25, 0.3) is 5.91 Å². The molecular weight excluding hydrogens is 538 g/mol. The van der Waals surface area contributed by atoms with Crippen LogP contribution in [-0.4, -0.2) is 57.9 Å². The van der Waals surface area contributed by atoms with Gasteiger partial charge in [-0.1, -0.05) is 24.3 Å².